The maximum absolute atomic E-state index is 11.3. The molecule has 2 aliphatic rings. The fraction of sp³-hybridized carbons (Fsp3) is 0.938. The largest absolute Gasteiger partial charge is 0.469 e. The van der Waals surface area contributed by atoms with E-state index in [0.29, 0.717) is 11.8 Å². The Bertz CT molecular complexity index is 343. The van der Waals surface area contributed by atoms with Crippen LogP contribution in [0.1, 0.15) is 52.4 Å². The molecule has 0 aromatic heterocycles. The molecule has 4 nitrogen and oxygen atoms in total. The van der Waals surface area contributed by atoms with Crippen LogP contribution in [0, 0.1) is 5.41 Å². The molecule has 0 aromatic carbocycles. The van der Waals surface area contributed by atoms with Crippen molar-refractivity contribution in [3.63, 3.8) is 0 Å². The summed E-state index contributed by atoms with van der Waals surface area (Å²) in [6.45, 7) is 8.69. The zero-order valence-corrected chi connectivity index (χ0v) is 13.3. The number of quaternary nitrogens is 1. The van der Waals surface area contributed by atoms with E-state index in [2.05, 4.69) is 13.8 Å². The average molecular weight is 284 g/mol. The van der Waals surface area contributed by atoms with Crippen LogP contribution in [0.25, 0.3) is 0 Å². The fourth-order valence-electron chi connectivity index (χ4n) is 4.05. The molecule has 0 saturated carbocycles. The van der Waals surface area contributed by atoms with E-state index in [0.717, 1.165) is 19.6 Å². The lowest BCUT2D eigenvalue weighted by molar-refractivity contribution is -0.913. The van der Waals surface area contributed by atoms with Gasteiger partial charge in [-0.15, -0.1) is 0 Å². The van der Waals surface area contributed by atoms with E-state index in [1.165, 1.54) is 45.9 Å². The molecule has 2 aliphatic heterocycles. The van der Waals surface area contributed by atoms with Crippen molar-refractivity contribution in [2.75, 3.05) is 33.4 Å². The summed E-state index contributed by atoms with van der Waals surface area (Å²) in [7, 11) is 1.47. The van der Waals surface area contributed by atoms with Crippen molar-refractivity contribution < 1.29 is 19.2 Å². The molecule has 3 atom stereocenters. The zero-order chi connectivity index (χ0) is 14.6. The summed E-state index contributed by atoms with van der Waals surface area (Å²) in [6, 6.07) is 0. The first kappa shape index (κ1) is 15.8. The Balaban J connectivity index is 1.93. The zero-order valence-electron chi connectivity index (χ0n) is 13.3. The number of carbonyl (C=O) groups is 1. The second-order valence-corrected chi connectivity index (χ2v) is 6.94. The van der Waals surface area contributed by atoms with Crippen LogP contribution in [0.4, 0.5) is 0 Å². The van der Waals surface area contributed by atoms with Gasteiger partial charge < -0.3 is 14.4 Å². The molecule has 1 unspecified atom stereocenters. The van der Waals surface area contributed by atoms with Gasteiger partial charge in [-0.2, -0.15) is 0 Å². The van der Waals surface area contributed by atoms with Crippen molar-refractivity contribution in [3.05, 3.63) is 0 Å². The highest BCUT2D eigenvalue weighted by molar-refractivity contribution is 5.69. The van der Waals surface area contributed by atoms with Crippen molar-refractivity contribution in [1.29, 1.82) is 0 Å². The summed E-state index contributed by atoms with van der Waals surface area (Å²) in [4.78, 5) is 12.9. The topological polar surface area (TPSA) is 40.0 Å². The Morgan fingerprint density at radius 1 is 1.40 bits per heavy atom. The van der Waals surface area contributed by atoms with Gasteiger partial charge in [0, 0.05) is 12.0 Å². The molecular weight excluding hydrogens is 254 g/mol. The highest BCUT2D eigenvalue weighted by Gasteiger charge is 2.46. The SMILES string of the molecule is CC[C@@]1(C)C[C@@]2(CCC[NH+](CCC(=O)OC)C2)CCO1. The summed E-state index contributed by atoms with van der Waals surface area (Å²) >= 11 is 0. The first-order valence-electron chi connectivity index (χ1n) is 8.05. The molecule has 0 aromatic rings. The first-order valence-corrected chi connectivity index (χ1v) is 8.05. The molecule has 1 spiro atoms. The molecule has 0 bridgehead atoms. The first-order chi connectivity index (χ1) is 9.51. The minimum absolute atomic E-state index is 0.0586. The number of piperidine rings is 1. The van der Waals surface area contributed by atoms with Gasteiger partial charge in [-0.25, -0.2) is 0 Å². The minimum Gasteiger partial charge on any atom is -0.469 e. The van der Waals surface area contributed by atoms with Crippen molar-refractivity contribution in [1.82, 2.24) is 0 Å². The van der Waals surface area contributed by atoms with E-state index < -0.39 is 0 Å². The Morgan fingerprint density at radius 3 is 2.90 bits per heavy atom. The van der Waals surface area contributed by atoms with E-state index in [1.54, 1.807) is 4.90 Å². The fourth-order valence-corrected chi connectivity index (χ4v) is 4.05. The molecule has 0 radical (unpaired) electrons. The van der Waals surface area contributed by atoms with E-state index >= 15 is 0 Å². The molecule has 0 amide bonds. The van der Waals surface area contributed by atoms with Crippen LogP contribution < -0.4 is 4.90 Å². The maximum atomic E-state index is 11.3. The lowest BCUT2D eigenvalue weighted by Crippen LogP contribution is -3.14. The molecular formula is C16H30NO3+. The van der Waals surface area contributed by atoms with E-state index in [-0.39, 0.29) is 11.6 Å². The van der Waals surface area contributed by atoms with Crippen molar-refractivity contribution in [2.24, 2.45) is 5.41 Å². The molecule has 1 N–H and O–H groups in total. The van der Waals surface area contributed by atoms with Gasteiger partial charge >= 0.3 is 5.97 Å². The van der Waals surface area contributed by atoms with Gasteiger partial charge in [0.2, 0.25) is 0 Å². The third-order valence-electron chi connectivity index (χ3n) is 5.35. The van der Waals surface area contributed by atoms with Gasteiger partial charge in [0.15, 0.2) is 0 Å². The van der Waals surface area contributed by atoms with Crippen LogP contribution in [0.3, 0.4) is 0 Å². The molecule has 4 heteroatoms. The number of likely N-dealkylation sites (tertiary alicyclic amines) is 1. The predicted molar refractivity (Wildman–Crippen MR) is 77.7 cm³/mol. The highest BCUT2D eigenvalue weighted by Crippen LogP contribution is 2.43. The predicted octanol–water partition coefficient (Wildman–Crippen LogP) is 1.19. The quantitative estimate of drug-likeness (QED) is 0.789. The number of methoxy groups -OCH3 is 1. The standard InChI is InChI=1S/C16H29NO3/c1-4-15(2)12-16(8-11-20-15)7-5-9-17(13-16)10-6-14(18)19-3/h4-13H2,1-3H3/p+1/t15-,16+/m0/s1. The average Bonchev–Trinajstić information content (AvgIpc) is 2.45. The number of esters is 1. The normalized spacial score (nSPS) is 37.9. The lowest BCUT2D eigenvalue weighted by atomic mass is 9.68. The minimum atomic E-state index is -0.0810. The van der Waals surface area contributed by atoms with E-state index in [9.17, 15) is 4.79 Å². The van der Waals surface area contributed by atoms with Crippen molar-refractivity contribution in [2.45, 2.75) is 58.0 Å². The molecule has 20 heavy (non-hydrogen) atoms. The van der Waals surface area contributed by atoms with Gasteiger partial charge in [-0.05, 0) is 39.0 Å². The van der Waals surface area contributed by atoms with Crippen LogP contribution in [-0.4, -0.2) is 44.9 Å². The maximum Gasteiger partial charge on any atom is 0.311 e. The van der Waals surface area contributed by atoms with Gasteiger partial charge in [0.25, 0.3) is 0 Å². The number of ether oxygens (including phenoxy) is 2. The van der Waals surface area contributed by atoms with Crippen molar-refractivity contribution in [3.8, 4) is 0 Å². The molecule has 2 heterocycles. The molecule has 2 saturated heterocycles. The van der Waals surface area contributed by atoms with E-state index in [1.807, 2.05) is 0 Å². The van der Waals surface area contributed by atoms with Crippen LogP contribution >= 0.6 is 0 Å². The number of rotatable bonds is 4. The number of hydrogen-bond acceptors (Lipinski definition) is 3. The number of nitrogens with one attached hydrogen (secondary N) is 1. The highest BCUT2D eigenvalue weighted by atomic mass is 16.5. The summed E-state index contributed by atoms with van der Waals surface area (Å²) in [6.07, 6.45) is 6.60. The van der Waals surface area contributed by atoms with Crippen LogP contribution in [0.2, 0.25) is 0 Å². The van der Waals surface area contributed by atoms with Crippen LogP contribution in [0.15, 0.2) is 0 Å². The summed E-state index contributed by atoms with van der Waals surface area (Å²) < 4.78 is 10.8. The second-order valence-electron chi connectivity index (χ2n) is 6.94. The third-order valence-corrected chi connectivity index (χ3v) is 5.35. The van der Waals surface area contributed by atoms with Crippen LogP contribution in [-0.2, 0) is 14.3 Å². The Labute approximate surface area is 122 Å². The smallest absolute Gasteiger partial charge is 0.311 e. The number of hydrogen-bond donors (Lipinski definition) is 1. The molecule has 2 rings (SSSR count). The Morgan fingerprint density at radius 2 is 2.20 bits per heavy atom. The summed E-state index contributed by atoms with van der Waals surface area (Å²) in [5.74, 6) is -0.0810. The molecule has 116 valence electrons. The van der Waals surface area contributed by atoms with Gasteiger partial charge in [-0.1, -0.05) is 6.92 Å². The number of carbonyl (C=O) groups excluding carboxylic acids is 1. The van der Waals surface area contributed by atoms with Gasteiger partial charge in [-0.3, -0.25) is 4.79 Å². The third kappa shape index (κ3) is 3.73. The second kappa shape index (κ2) is 6.44. The van der Waals surface area contributed by atoms with E-state index in [4.69, 9.17) is 9.47 Å². The lowest BCUT2D eigenvalue weighted by Gasteiger charge is -2.49. The van der Waals surface area contributed by atoms with Crippen LogP contribution in [0.5, 0.6) is 0 Å². The summed E-state index contributed by atoms with van der Waals surface area (Å²) in [5, 5.41) is 0. The monoisotopic (exact) mass is 284 g/mol. The molecule has 2 fully saturated rings. The van der Waals surface area contributed by atoms with Gasteiger partial charge in [0.1, 0.15) is 0 Å². The Kier molecular flexibility index (Phi) is 5.08. The summed E-state index contributed by atoms with van der Waals surface area (Å²) in [5.41, 5.74) is 0.496. The molecule has 0 aliphatic carbocycles. The Hall–Kier alpha value is -0.610. The van der Waals surface area contributed by atoms with Gasteiger partial charge in [0.05, 0.1) is 38.8 Å². The van der Waals surface area contributed by atoms with Crippen molar-refractivity contribution >= 4 is 5.97 Å².